The molecule has 0 aromatic heterocycles. The van der Waals surface area contributed by atoms with Crippen LogP contribution in [0.3, 0.4) is 0 Å². The maximum atomic E-state index is 10.8. The van der Waals surface area contributed by atoms with Crippen molar-refractivity contribution >= 4 is 5.97 Å². The largest absolute Gasteiger partial charge is 0.481 e. The minimum Gasteiger partial charge on any atom is -0.481 e. The molecule has 1 saturated heterocycles. The molecule has 0 aromatic rings. The van der Waals surface area contributed by atoms with Gasteiger partial charge in [0.1, 0.15) is 0 Å². The van der Waals surface area contributed by atoms with Gasteiger partial charge in [0.05, 0.1) is 0 Å². The number of carboxylic acids is 1. The van der Waals surface area contributed by atoms with Gasteiger partial charge in [0.15, 0.2) is 0 Å². The zero-order valence-electron chi connectivity index (χ0n) is 12.3. The Morgan fingerprint density at radius 3 is 2.61 bits per heavy atom. The van der Waals surface area contributed by atoms with Crippen molar-refractivity contribution in [2.75, 3.05) is 33.7 Å². The fraction of sp³-hybridized carbons (Fsp3) is 0.929. The summed E-state index contributed by atoms with van der Waals surface area (Å²) in [4.78, 5) is 15.5. The van der Waals surface area contributed by atoms with E-state index in [0.29, 0.717) is 12.3 Å². The van der Waals surface area contributed by atoms with Crippen LogP contribution in [0.2, 0.25) is 0 Å². The van der Waals surface area contributed by atoms with E-state index in [4.69, 9.17) is 5.11 Å². The highest BCUT2D eigenvalue weighted by Crippen LogP contribution is 2.33. The van der Waals surface area contributed by atoms with E-state index in [1.807, 2.05) is 0 Å². The number of piperidine rings is 1. The third-order valence-corrected chi connectivity index (χ3v) is 3.95. The highest BCUT2D eigenvalue weighted by atomic mass is 16.4. The summed E-state index contributed by atoms with van der Waals surface area (Å²) in [5.41, 5.74) is 0.144. The SMILES string of the molecule is CN(C)CCCN1CCC(CC(=O)O)CC1(C)C. The molecule has 0 amide bonds. The van der Waals surface area contributed by atoms with Gasteiger partial charge in [-0.15, -0.1) is 0 Å². The molecule has 4 nitrogen and oxygen atoms in total. The van der Waals surface area contributed by atoms with Gasteiger partial charge in [0, 0.05) is 12.0 Å². The Morgan fingerprint density at radius 2 is 2.11 bits per heavy atom. The Bertz CT molecular complexity index is 277. The van der Waals surface area contributed by atoms with Crippen LogP contribution in [0, 0.1) is 5.92 Å². The molecule has 1 aliphatic heterocycles. The van der Waals surface area contributed by atoms with Crippen molar-refractivity contribution in [3.63, 3.8) is 0 Å². The molecule has 1 aliphatic rings. The fourth-order valence-corrected chi connectivity index (χ4v) is 2.99. The summed E-state index contributed by atoms with van der Waals surface area (Å²) < 4.78 is 0. The van der Waals surface area contributed by atoms with Crippen molar-refractivity contribution in [2.24, 2.45) is 5.92 Å². The molecule has 1 N–H and O–H groups in total. The second-order valence-corrected chi connectivity index (χ2v) is 6.41. The van der Waals surface area contributed by atoms with Crippen molar-refractivity contribution in [1.29, 1.82) is 0 Å². The first-order chi connectivity index (χ1) is 8.31. The highest BCUT2D eigenvalue weighted by Gasteiger charge is 2.34. The van der Waals surface area contributed by atoms with E-state index in [1.54, 1.807) is 0 Å². The third kappa shape index (κ3) is 4.94. The van der Waals surface area contributed by atoms with Crippen molar-refractivity contribution in [3.05, 3.63) is 0 Å². The summed E-state index contributed by atoms with van der Waals surface area (Å²) in [5.74, 6) is -0.306. The lowest BCUT2D eigenvalue weighted by Gasteiger charge is -2.45. The molecule has 106 valence electrons. The average molecular weight is 256 g/mol. The summed E-state index contributed by atoms with van der Waals surface area (Å²) in [6.07, 6.45) is 3.54. The second kappa shape index (κ2) is 6.53. The number of carboxylic acid groups (broad SMARTS) is 1. The first-order valence-corrected chi connectivity index (χ1v) is 6.93. The first kappa shape index (κ1) is 15.4. The minimum atomic E-state index is -0.656. The Balaban J connectivity index is 2.41. The molecule has 0 saturated carbocycles. The lowest BCUT2D eigenvalue weighted by molar-refractivity contribution is -0.138. The molecule has 1 fully saturated rings. The van der Waals surface area contributed by atoms with Crippen LogP contribution in [0.1, 0.15) is 39.5 Å². The van der Waals surface area contributed by atoms with Gasteiger partial charge in [-0.1, -0.05) is 0 Å². The standard InChI is InChI=1S/C14H28N2O2/c1-14(2)11-12(10-13(17)18)6-9-16(14)8-5-7-15(3)4/h12H,5-11H2,1-4H3,(H,17,18). The fourth-order valence-electron chi connectivity index (χ4n) is 2.99. The number of nitrogens with zero attached hydrogens (tertiary/aromatic N) is 2. The van der Waals surface area contributed by atoms with Gasteiger partial charge in [-0.05, 0) is 72.8 Å². The maximum absolute atomic E-state index is 10.8. The quantitative estimate of drug-likeness (QED) is 0.788. The van der Waals surface area contributed by atoms with Crippen LogP contribution in [0.15, 0.2) is 0 Å². The van der Waals surface area contributed by atoms with Crippen LogP contribution in [-0.4, -0.2) is 60.1 Å². The van der Waals surface area contributed by atoms with E-state index < -0.39 is 5.97 Å². The Labute approximate surface area is 111 Å². The Kier molecular flexibility index (Phi) is 5.60. The van der Waals surface area contributed by atoms with E-state index in [1.165, 1.54) is 6.42 Å². The van der Waals surface area contributed by atoms with Crippen LogP contribution in [0.4, 0.5) is 0 Å². The molecule has 1 rings (SSSR count). The van der Waals surface area contributed by atoms with Gasteiger partial charge >= 0.3 is 5.97 Å². The molecular weight excluding hydrogens is 228 g/mol. The summed E-state index contributed by atoms with van der Waals surface area (Å²) >= 11 is 0. The lowest BCUT2D eigenvalue weighted by atomic mass is 9.81. The average Bonchev–Trinajstić information content (AvgIpc) is 2.19. The number of rotatable bonds is 6. The number of hydrogen-bond donors (Lipinski definition) is 1. The molecule has 1 unspecified atom stereocenters. The summed E-state index contributed by atoms with van der Waals surface area (Å²) in [7, 11) is 4.20. The molecule has 0 radical (unpaired) electrons. The Morgan fingerprint density at radius 1 is 1.44 bits per heavy atom. The predicted octanol–water partition coefficient (Wildman–Crippen LogP) is 1.90. The maximum Gasteiger partial charge on any atom is 0.303 e. The van der Waals surface area contributed by atoms with Crippen molar-refractivity contribution in [2.45, 2.75) is 45.1 Å². The third-order valence-electron chi connectivity index (χ3n) is 3.95. The highest BCUT2D eigenvalue weighted by molar-refractivity contribution is 5.67. The second-order valence-electron chi connectivity index (χ2n) is 6.41. The van der Waals surface area contributed by atoms with E-state index >= 15 is 0 Å². The zero-order valence-corrected chi connectivity index (χ0v) is 12.3. The van der Waals surface area contributed by atoms with Crippen LogP contribution in [0.5, 0.6) is 0 Å². The van der Waals surface area contributed by atoms with Crippen molar-refractivity contribution in [1.82, 2.24) is 9.80 Å². The van der Waals surface area contributed by atoms with E-state index in [2.05, 4.69) is 37.7 Å². The number of likely N-dealkylation sites (tertiary alicyclic amines) is 1. The van der Waals surface area contributed by atoms with Crippen LogP contribution in [-0.2, 0) is 4.79 Å². The van der Waals surface area contributed by atoms with E-state index in [-0.39, 0.29) is 5.54 Å². The van der Waals surface area contributed by atoms with Gasteiger partial charge in [-0.2, -0.15) is 0 Å². The summed E-state index contributed by atoms with van der Waals surface area (Å²) in [5, 5.41) is 8.89. The van der Waals surface area contributed by atoms with E-state index in [0.717, 1.165) is 32.5 Å². The molecule has 0 spiro atoms. The smallest absolute Gasteiger partial charge is 0.303 e. The van der Waals surface area contributed by atoms with Crippen LogP contribution in [0.25, 0.3) is 0 Å². The molecule has 4 heteroatoms. The molecule has 0 bridgehead atoms. The first-order valence-electron chi connectivity index (χ1n) is 6.93. The topological polar surface area (TPSA) is 43.8 Å². The number of carbonyl (C=O) groups is 1. The van der Waals surface area contributed by atoms with Gasteiger partial charge < -0.3 is 10.0 Å². The summed E-state index contributed by atoms with van der Waals surface area (Å²) in [6, 6.07) is 0. The van der Waals surface area contributed by atoms with E-state index in [9.17, 15) is 4.79 Å². The van der Waals surface area contributed by atoms with Crippen LogP contribution < -0.4 is 0 Å². The van der Waals surface area contributed by atoms with Gasteiger partial charge in [-0.3, -0.25) is 9.69 Å². The van der Waals surface area contributed by atoms with Crippen molar-refractivity contribution < 1.29 is 9.90 Å². The molecular formula is C14H28N2O2. The molecule has 18 heavy (non-hydrogen) atoms. The minimum absolute atomic E-state index is 0.144. The van der Waals surface area contributed by atoms with Gasteiger partial charge in [-0.25, -0.2) is 0 Å². The number of aliphatic carboxylic acids is 1. The lowest BCUT2D eigenvalue weighted by Crippen LogP contribution is -2.50. The summed E-state index contributed by atoms with van der Waals surface area (Å²) in [6.45, 7) is 7.77. The zero-order chi connectivity index (χ0) is 13.8. The predicted molar refractivity (Wildman–Crippen MR) is 73.8 cm³/mol. The molecule has 0 aromatic carbocycles. The van der Waals surface area contributed by atoms with Gasteiger partial charge in [0.25, 0.3) is 0 Å². The van der Waals surface area contributed by atoms with Crippen LogP contribution >= 0.6 is 0 Å². The van der Waals surface area contributed by atoms with Crippen molar-refractivity contribution in [3.8, 4) is 0 Å². The normalized spacial score (nSPS) is 24.4. The molecule has 1 atom stereocenters. The molecule has 0 aliphatic carbocycles. The number of hydrogen-bond acceptors (Lipinski definition) is 3. The monoisotopic (exact) mass is 256 g/mol. The van der Waals surface area contributed by atoms with Gasteiger partial charge in [0.2, 0.25) is 0 Å². The Hall–Kier alpha value is -0.610. The molecule has 1 heterocycles.